The van der Waals surface area contributed by atoms with E-state index in [4.69, 9.17) is 26.2 Å². The second kappa shape index (κ2) is 7.20. The highest BCUT2D eigenvalue weighted by molar-refractivity contribution is 6.31. The molecule has 0 aliphatic heterocycles. The molecule has 1 atom stereocenters. The van der Waals surface area contributed by atoms with Crippen LogP contribution < -0.4 is 10.1 Å². The van der Waals surface area contributed by atoms with Crippen molar-refractivity contribution in [1.29, 1.82) is 0 Å². The fourth-order valence-corrected chi connectivity index (χ4v) is 1.63. The molecule has 0 aliphatic rings. The van der Waals surface area contributed by atoms with Crippen LogP contribution in [0.1, 0.15) is 10.4 Å². The molecule has 0 bridgehead atoms. The van der Waals surface area contributed by atoms with E-state index in [1.165, 1.54) is 20.3 Å². The van der Waals surface area contributed by atoms with Gasteiger partial charge in [0.05, 0.1) is 31.9 Å². The van der Waals surface area contributed by atoms with Crippen molar-refractivity contribution < 1.29 is 19.4 Å². The van der Waals surface area contributed by atoms with Gasteiger partial charge in [-0.05, 0) is 18.2 Å². The fraction of sp³-hybridized carbons (Fsp3) is 0.417. The molecule has 5 nitrogen and oxygen atoms in total. The molecule has 1 aromatic carbocycles. The molecular formula is C12H16ClNO4. The molecule has 0 aliphatic carbocycles. The molecule has 0 fully saturated rings. The Bertz CT molecular complexity index is 411. The Balaban J connectivity index is 2.85. The van der Waals surface area contributed by atoms with Gasteiger partial charge in [-0.25, -0.2) is 0 Å². The highest BCUT2D eigenvalue weighted by Crippen LogP contribution is 2.22. The van der Waals surface area contributed by atoms with Crippen LogP contribution in [-0.2, 0) is 4.74 Å². The van der Waals surface area contributed by atoms with Crippen molar-refractivity contribution in [2.75, 3.05) is 27.4 Å². The number of amides is 1. The van der Waals surface area contributed by atoms with Crippen LogP contribution in [0.4, 0.5) is 0 Å². The molecule has 18 heavy (non-hydrogen) atoms. The Morgan fingerprint density at radius 2 is 2.22 bits per heavy atom. The van der Waals surface area contributed by atoms with Crippen molar-refractivity contribution in [3.63, 3.8) is 0 Å². The highest BCUT2D eigenvalue weighted by atomic mass is 35.5. The molecule has 0 saturated heterocycles. The molecule has 0 aromatic heterocycles. The van der Waals surface area contributed by atoms with Crippen molar-refractivity contribution in [2.24, 2.45) is 0 Å². The Kier molecular flexibility index (Phi) is 5.91. The predicted molar refractivity (Wildman–Crippen MR) is 68.2 cm³/mol. The van der Waals surface area contributed by atoms with Gasteiger partial charge in [0.1, 0.15) is 5.75 Å². The predicted octanol–water partition coefficient (Wildman–Crippen LogP) is 1.09. The van der Waals surface area contributed by atoms with Crippen molar-refractivity contribution in [3.8, 4) is 5.75 Å². The first-order chi connectivity index (χ1) is 8.62. The van der Waals surface area contributed by atoms with Gasteiger partial charge in [0.15, 0.2) is 0 Å². The van der Waals surface area contributed by atoms with Crippen LogP contribution in [0.2, 0.25) is 5.02 Å². The minimum absolute atomic E-state index is 0.206. The third-order valence-electron chi connectivity index (χ3n) is 2.33. The maximum atomic E-state index is 12.0. The SMILES string of the molecule is COCC(CO)NC(=O)c1cc(Cl)ccc1OC. The largest absolute Gasteiger partial charge is 0.496 e. The number of aliphatic hydroxyl groups is 1. The first-order valence-electron chi connectivity index (χ1n) is 5.36. The molecule has 0 radical (unpaired) electrons. The molecule has 1 aromatic rings. The van der Waals surface area contributed by atoms with Gasteiger partial charge < -0.3 is 19.9 Å². The lowest BCUT2D eigenvalue weighted by atomic mass is 10.1. The van der Waals surface area contributed by atoms with E-state index >= 15 is 0 Å². The number of halogens is 1. The zero-order chi connectivity index (χ0) is 13.5. The summed E-state index contributed by atoms with van der Waals surface area (Å²) in [7, 11) is 2.97. The minimum Gasteiger partial charge on any atom is -0.496 e. The van der Waals surface area contributed by atoms with Crippen LogP contribution in [0.5, 0.6) is 5.75 Å². The number of carbonyl (C=O) groups excluding carboxylic acids is 1. The topological polar surface area (TPSA) is 67.8 Å². The van der Waals surface area contributed by atoms with Crippen molar-refractivity contribution in [3.05, 3.63) is 28.8 Å². The van der Waals surface area contributed by atoms with Gasteiger partial charge in [-0.3, -0.25) is 4.79 Å². The maximum Gasteiger partial charge on any atom is 0.255 e. The summed E-state index contributed by atoms with van der Waals surface area (Å²) in [6.45, 7) is 0.0214. The smallest absolute Gasteiger partial charge is 0.255 e. The molecule has 1 rings (SSSR count). The van der Waals surface area contributed by atoms with Gasteiger partial charge in [-0.15, -0.1) is 0 Å². The van der Waals surface area contributed by atoms with Gasteiger partial charge in [-0.2, -0.15) is 0 Å². The Morgan fingerprint density at radius 3 is 2.78 bits per heavy atom. The fourth-order valence-electron chi connectivity index (χ4n) is 1.46. The number of methoxy groups -OCH3 is 2. The summed E-state index contributed by atoms with van der Waals surface area (Å²) in [5.41, 5.74) is 0.319. The Labute approximate surface area is 111 Å². The Morgan fingerprint density at radius 1 is 1.50 bits per heavy atom. The van der Waals surface area contributed by atoms with E-state index in [0.29, 0.717) is 16.3 Å². The van der Waals surface area contributed by atoms with Crippen molar-refractivity contribution in [1.82, 2.24) is 5.32 Å². The third kappa shape index (κ3) is 3.87. The lowest BCUT2D eigenvalue weighted by Gasteiger charge is -2.16. The first-order valence-corrected chi connectivity index (χ1v) is 5.74. The van der Waals surface area contributed by atoms with E-state index in [9.17, 15) is 4.79 Å². The number of hydrogen-bond donors (Lipinski definition) is 2. The zero-order valence-corrected chi connectivity index (χ0v) is 11.0. The van der Waals surface area contributed by atoms with E-state index in [0.717, 1.165) is 0 Å². The van der Waals surface area contributed by atoms with Gasteiger partial charge in [0.25, 0.3) is 5.91 Å². The summed E-state index contributed by atoms with van der Waals surface area (Å²) in [5, 5.41) is 12.2. The highest BCUT2D eigenvalue weighted by Gasteiger charge is 2.16. The molecule has 100 valence electrons. The first kappa shape index (κ1) is 14.8. The van der Waals surface area contributed by atoms with Crippen LogP contribution in [0.15, 0.2) is 18.2 Å². The van der Waals surface area contributed by atoms with Crippen LogP contribution in [-0.4, -0.2) is 44.5 Å². The van der Waals surface area contributed by atoms with Crippen molar-refractivity contribution in [2.45, 2.75) is 6.04 Å². The molecule has 0 spiro atoms. The molecule has 6 heteroatoms. The normalized spacial score (nSPS) is 12.0. The number of rotatable bonds is 6. The maximum absolute atomic E-state index is 12.0. The van der Waals surface area contributed by atoms with Crippen LogP contribution in [0.25, 0.3) is 0 Å². The number of aliphatic hydroxyl groups excluding tert-OH is 1. The number of ether oxygens (including phenoxy) is 2. The van der Waals surface area contributed by atoms with Gasteiger partial charge in [0.2, 0.25) is 0 Å². The van der Waals surface area contributed by atoms with E-state index in [1.54, 1.807) is 12.1 Å². The summed E-state index contributed by atoms with van der Waals surface area (Å²) in [5.74, 6) is 0.0523. The minimum atomic E-state index is -0.466. The summed E-state index contributed by atoms with van der Waals surface area (Å²) >= 11 is 5.84. The second-order valence-corrected chi connectivity index (χ2v) is 4.09. The average Bonchev–Trinajstić information content (AvgIpc) is 2.38. The number of carbonyl (C=O) groups is 1. The summed E-state index contributed by atoms with van der Waals surface area (Å²) < 4.78 is 9.96. The standard InChI is InChI=1S/C12H16ClNO4/c1-17-7-9(6-15)14-12(16)10-5-8(13)3-4-11(10)18-2/h3-5,9,15H,6-7H2,1-2H3,(H,14,16). The second-order valence-electron chi connectivity index (χ2n) is 3.65. The third-order valence-corrected chi connectivity index (χ3v) is 2.56. The number of nitrogens with one attached hydrogen (secondary N) is 1. The monoisotopic (exact) mass is 273 g/mol. The molecular weight excluding hydrogens is 258 g/mol. The van der Waals surface area contributed by atoms with Gasteiger partial charge in [-0.1, -0.05) is 11.6 Å². The lowest BCUT2D eigenvalue weighted by molar-refractivity contribution is 0.0837. The average molecular weight is 274 g/mol. The van der Waals surface area contributed by atoms with Crippen molar-refractivity contribution >= 4 is 17.5 Å². The van der Waals surface area contributed by atoms with Crippen LogP contribution in [0.3, 0.4) is 0 Å². The van der Waals surface area contributed by atoms with Crippen LogP contribution in [0, 0.1) is 0 Å². The van der Waals surface area contributed by atoms with E-state index in [2.05, 4.69) is 5.32 Å². The molecule has 0 saturated carbocycles. The summed E-state index contributed by atoms with van der Waals surface area (Å²) in [6.07, 6.45) is 0. The quantitative estimate of drug-likeness (QED) is 0.814. The van der Waals surface area contributed by atoms with E-state index in [1.807, 2.05) is 0 Å². The molecule has 0 heterocycles. The summed E-state index contributed by atoms with van der Waals surface area (Å²) in [4.78, 5) is 12.0. The Hall–Kier alpha value is -1.30. The zero-order valence-electron chi connectivity index (χ0n) is 10.3. The molecule has 2 N–H and O–H groups in total. The van der Waals surface area contributed by atoms with E-state index < -0.39 is 6.04 Å². The molecule has 1 amide bonds. The summed E-state index contributed by atoms with van der Waals surface area (Å²) in [6, 6.07) is 4.29. The molecule has 1 unspecified atom stereocenters. The van der Waals surface area contributed by atoms with Gasteiger partial charge >= 0.3 is 0 Å². The van der Waals surface area contributed by atoms with Gasteiger partial charge in [0, 0.05) is 12.1 Å². The number of benzene rings is 1. The lowest BCUT2D eigenvalue weighted by Crippen LogP contribution is -2.40. The van der Waals surface area contributed by atoms with Crippen LogP contribution >= 0.6 is 11.6 Å². The number of hydrogen-bond acceptors (Lipinski definition) is 4. The van der Waals surface area contributed by atoms with E-state index in [-0.39, 0.29) is 19.1 Å².